The molecule has 1 aromatic rings. The number of anilines is 2. The van der Waals surface area contributed by atoms with Crippen LogP contribution in [0.4, 0.5) is 11.6 Å². The fourth-order valence-electron chi connectivity index (χ4n) is 2.45. The van der Waals surface area contributed by atoms with Gasteiger partial charge in [0.2, 0.25) is 0 Å². The second-order valence-electron chi connectivity index (χ2n) is 4.61. The van der Waals surface area contributed by atoms with E-state index in [0.29, 0.717) is 12.5 Å². The number of hydrogen-bond acceptors (Lipinski definition) is 5. The number of hydrogen-bond donors (Lipinski definition) is 1. The molecule has 18 heavy (non-hydrogen) atoms. The Morgan fingerprint density at radius 3 is 3.06 bits per heavy atom. The van der Waals surface area contributed by atoms with Crippen LogP contribution in [0.1, 0.15) is 31.5 Å². The molecule has 0 spiro atoms. The molecule has 0 amide bonds. The summed E-state index contributed by atoms with van der Waals surface area (Å²) in [5, 5.41) is 12.0. The molecule has 1 aliphatic heterocycles. The molecule has 96 valence electrons. The molecule has 5 nitrogen and oxygen atoms in total. The van der Waals surface area contributed by atoms with E-state index in [1.807, 2.05) is 20.0 Å². The summed E-state index contributed by atoms with van der Waals surface area (Å²) < 4.78 is 0. The minimum Gasteiger partial charge on any atom is -0.373 e. The molecule has 0 bridgehead atoms. The molecule has 0 aliphatic carbocycles. The van der Waals surface area contributed by atoms with E-state index < -0.39 is 0 Å². The van der Waals surface area contributed by atoms with Crippen LogP contribution in [0, 0.1) is 18.3 Å². The molecule has 1 unspecified atom stereocenters. The number of nitrogens with one attached hydrogen (secondary N) is 1. The Morgan fingerprint density at radius 1 is 1.50 bits per heavy atom. The summed E-state index contributed by atoms with van der Waals surface area (Å²) in [6.07, 6.45) is 4.01. The van der Waals surface area contributed by atoms with Gasteiger partial charge < -0.3 is 10.2 Å². The predicted molar refractivity (Wildman–Crippen MR) is 71.5 cm³/mol. The van der Waals surface area contributed by atoms with E-state index in [-0.39, 0.29) is 0 Å². The fraction of sp³-hybridized carbons (Fsp3) is 0.615. The first-order chi connectivity index (χ1) is 8.74. The Bertz CT molecular complexity index is 451. The van der Waals surface area contributed by atoms with Crippen molar-refractivity contribution in [1.82, 2.24) is 9.97 Å². The van der Waals surface area contributed by atoms with Gasteiger partial charge in [-0.15, -0.1) is 0 Å². The minimum absolute atomic E-state index is 0.294. The molecule has 1 saturated heterocycles. The first-order valence-corrected chi connectivity index (χ1v) is 6.41. The fourth-order valence-corrected chi connectivity index (χ4v) is 2.45. The Morgan fingerprint density at radius 2 is 2.33 bits per heavy atom. The van der Waals surface area contributed by atoms with Crippen LogP contribution in [0.2, 0.25) is 0 Å². The highest BCUT2D eigenvalue weighted by Crippen LogP contribution is 2.26. The lowest BCUT2D eigenvalue weighted by Crippen LogP contribution is -2.40. The lowest BCUT2D eigenvalue weighted by atomic mass is 10.00. The number of nitriles is 1. The SMILES string of the molecule is CNc1cc(N2CCCCC2CC#N)nc(C)n1. The highest BCUT2D eigenvalue weighted by atomic mass is 15.2. The third-order valence-electron chi connectivity index (χ3n) is 3.33. The van der Waals surface area contributed by atoms with E-state index in [0.717, 1.165) is 30.4 Å². The van der Waals surface area contributed by atoms with E-state index in [4.69, 9.17) is 5.26 Å². The Balaban J connectivity index is 2.27. The smallest absolute Gasteiger partial charge is 0.134 e. The molecule has 2 rings (SSSR count). The zero-order valence-corrected chi connectivity index (χ0v) is 11.0. The van der Waals surface area contributed by atoms with E-state index in [9.17, 15) is 0 Å². The zero-order chi connectivity index (χ0) is 13.0. The lowest BCUT2D eigenvalue weighted by molar-refractivity contribution is 0.461. The molecule has 1 aliphatic rings. The van der Waals surface area contributed by atoms with Crippen LogP contribution in [0.25, 0.3) is 0 Å². The molecular formula is C13H19N5. The highest BCUT2D eigenvalue weighted by Gasteiger charge is 2.23. The van der Waals surface area contributed by atoms with Gasteiger partial charge in [0.25, 0.3) is 0 Å². The van der Waals surface area contributed by atoms with Gasteiger partial charge in [0.15, 0.2) is 0 Å². The van der Waals surface area contributed by atoms with Crippen LogP contribution >= 0.6 is 0 Å². The van der Waals surface area contributed by atoms with Crippen LogP contribution in [0.15, 0.2) is 6.07 Å². The average Bonchev–Trinajstić information content (AvgIpc) is 2.39. The number of aromatic nitrogens is 2. The van der Waals surface area contributed by atoms with Crippen LogP contribution in [0.3, 0.4) is 0 Å². The molecule has 1 atom stereocenters. The zero-order valence-electron chi connectivity index (χ0n) is 11.0. The Kier molecular flexibility index (Phi) is 3.98. The standard InChI is InChI=1S/C13H19N5/c1-10-16-12(15-2)9-13(17-10)18-8-4-3-5-11(18)6-7-14/h9,11H,3-6,8H2,1-2H3,(H,15,16,17). The van der Waals surface area contributed by atoms with Gasteiger partial charge >= 0.3 is 0 Å². The molecule has 1 aromatic heterocycles. The first kappa shape index (κ1) is 12.6. The summed E-state index contributed by atoms with van der Waals surface area (Å²) in [5.74, 6) is 2.53. The first-order valence-electron chi connectivity index (χ1n) is 6.41. The maximum absolute atomic E-state index is 8.92. The number of rotatable bonds is 3. The van der Waals surface area contributed by atoms with Crippen LogP contribution in [-0.2, 0) is 0 Å². The van der Waals surface area contributed by atoms with Crippen molar-refractivity contribution in [3.63, 3.8) is 0 Å². The van der Waals surface area contributed by atoms with Crippen molar-refractivity contribution in [1.29, 1.82) is 5.26 Å². The van der Waals surface area contributed by atoms with Gasteiger partial charge in [-0.05, 0) is 26.2 Å². The minimum atomic E-state index is 0.294. The second-order valence-corrected chi connectivity index (χ2v) is 4.61. The van der Waals surface area contributed by atoms with Crippen LogP contribution in [0.5, 0.6) is 0 Å². The summed E-state index contributed by atoms with van der Waals surface area (Å²) in [7, 11) is 1.86. The van der Waals surface area contributed by atoms with E-state index in [1.54, 1.807) is 0 Å². The molecule has 1 fully saturated rings. The van der Waals surface area contributed by atoms with Crippen molar-refractivity contribution in [2.75, 3.05) is 23.8 Å². The van der Waals surface area contributed by atoms with Crippen molar-refractivity contribution in [2.24, 2.45) is 0 Å². The second kappa shape index (κ2) is 5.67. The van der Waals surface area contributed by atoms with Gasteiger partial charge in [-0.3, -0.25) is 0 Å². The van der Waals surface area contributed by atoms with Crippen molar-refractivity contribution >= 4 is 11.6 Å². The predicted octanol–water partition coefficient (Wildman–Crippen LogP) is 2.10. The van der Waals surface area contributed by atoms with E-state index >= 15 is 0 Å². The van der Waals surface area contributed by atoms with Crippen molar-refractivity contribution in [3.05, 3.63) is 11.9 Å². The molecule has 0 radical (unpaired) electrons. The summed E-state index contributed by atoms with van der Waals surface area (Å²) >= 11 is 0. The topological polar surface area (TPSA) is 64.8 Å². The lowest BCUT2D eigenvalue weighted by Gasteiger charge is -2.35. The third kappa shape index (κ3) is 2.70. The largest absolute Gasteiger partial charge is 0.373 e. The van der Waals surface area contributed by atoms with Crippen LogP contribution in [-0.4, -0.2) is 29.6 Å². The maximum Gasteiger partial charge on any atom is 0.134 e. The molecule has 2 heterocycles. The molecular weight excluding hydrogens is 226 g/mol. The summed E-state index contributed by atoms with van der Waals surface area (Å²) in [4.78, 5) is 11.1. The quantitative estimate of drug-likeness (QED) is 0.883. The number of aryl methyl sites for hydroxylation is 1. The molecule has 5 heteroatoms. The van der Waals surface area contributed by atoms with Gasteiger partial charge in [-0.2, -0.15) is 5.26 Å². The summed E-state index contributed by atoms with van der Waals surface area (Å²) in [6, 6.07) is 4.53. The van der Waals surface area contributed by atoms with Gasteiger partial charge in [-0.25, -0.2) is 9.97 Å². The van der Waals surface area contributed by atoms with Gasteiger partial charge in [-0.1, -0.05) is 0 Å². The number of nitrogens with zero attached hydrogens (tertiary/aromatic N) is 4. The summed E-state index contributed by atoms with van der Waals surface area (Å²) in [5.41, 5.74) is 0. The molecule has 0 saturated carbocycles. The van der Waals surface area contributed by atoms with Gasteiger partial charge in [0.1, 0.15) is 17.5 Å². The van der Waals surface area contributed by atoms with Gasteiger partial charge in [0.05, 0.1) is 12.5 Å². The molecule has 0 aromatic carbocycles. The van der Waals surface area contributed by atoms with Gasteiger partial charge in [0, 0.05) is 25.7 Å². The van der Waals surface area contributed by atoms with Crippen molar-refractivity contribution < 1.29 is 0 Å². The third-order valence-corrected chi connectivity index (χ3v) is 3.33. The monoisotopic (exact) mass is 245 g/mol. The average molecular weight is 245 g/mol. The van der Waals surface area contributed by atoms with Crippen LogP contribution < -0.4 is 10.2 Å². The molecule has 1 N–H and O–H groups in total. The Labute approximate surface area is 108 Å². The van der Waals surface area contributed by atoms with Crippen molar-refractivity contribution in [3.8, 4) is 6.07 Å². The highest BCUT2D eigenvalue weighted by molar-refractivity contribution is 5.50. The number of piperidine rings is 1. The Hall–Kier alpha value is -1.83. The normalized spacial score (nSPS) is 19.4. The maximum atomic E-state index is 8.92. The summed E-state index contributed by atoms with van der Waals surface area (Å²) in [6.45, 7) is 2.87. The van der Waals surface area contributed by atoms with Crippen molar-refractivity contribution in [2.45, 2.75) is 38.6 Å². The van der Waals surface area contributed by atoms with E-state index in [1.165, 1.54) is 12.8 Å². The van der Waals surface area contributed by atoms with E-state index in [2.05, 4.69) is 26.3 Å².